The van der Waals surface area contributed by atoms with Crippen molar-refractivity contribution >= 4 is 23.3 Å². The van der Waals surface area contributed by atoms with E-state index in [4.69, 9.17) is 14.0 Å². The lowest BCUT2D eigenvalue weighted by Gasteiger charge is -2.41. The zero-order valence-corrected chi connectivity index (χ0v) is 20.1. The molecule has 0 radical (unpaired) electrons. The summed E-state index contributed by atoms with van der Waals surface area (Å²) in [7, 11) is 3.18. The van der Waals surface area contributed by atoms with E-state index in [9.17, 15) is 9.59 Å². The minimum atomic E-state index is -0.730. The lowest BCUT2D eigenvalue weighted by Crippen LogP contribution is -2.46. The molecule has 182 valence electrons. The van der Waals surface area contributed by atoms with E-state index < -0.39 is 12.0 Å². The molecular weight excluding hydrogens is 458 g/mol. The van der Waals surface area contributed by atoms with Crippen LogP contribution in [0, 0.1) is 6.92 Å². The average molecular weight is 484 g/mol. The number of ether oxygens (including phenoxy) is 2. The predicted molar refractivity (Wildman–Crippen MR) is 135 cm³/mol. The number of hydrogen-bond acceptors (Lipinski definition) is 6. The number of carbonyl (C=O) groups excluding carboxylic acids is 2. The van der Waals surface area contributed by atoms with Crippen molar-refractivity contribution in [3.63, 3.8) is 0 Å². The fourth-order valence-electron chi connectivity index (χ4n) is 4.62. The quantitative estimate of drug-likeness (QED) is 0.409. The van der Waals surface area contributed by atoms with Gasteiger partial charge in [-0.15, -0.1) is 0 Å². The van der Waals surface area contributed by atoms with Crippen molar-refractivity contribution in [3.05, 3.63) is 101 Å². The van der Waals surface area contributed by atoms with Crippen LogP contribution in [-0.4, -0.2) is 31.2 Å². The van der Waals surface area contributed by atoms with Gasteiger partial charge >= 0.3 is 0 Å². The first-order chi connectivity index (χ1) is 17.5. The van der Waals surface area contributed by atoms with Gasteiger partial charge in [0.15, 0.2) is 5.82 Å². The Kier molecular flexibility index (Phi) is 6.16. The zero-order chi connectivity index (χ0) is 25.2. The summed E-state index contributed by atoms with van der Waals surface area (Å²) in [6.45, 7) is 1.75. The third-order valence-corrected chi connectivity index (χ3v) is 6.31. The summed E-state index contributed by atoms with van der Waals surface area (Å²) in [4.78, 5) is 29.4. The second-order valence-electron chi connectivity index (χ2n) is 8.47. The standard InChI is InChI=1S/C28H25N3O5/c1-17-16-24(30-36-17)29-27(32)25-22-6-4-5-7-23(22)28(33)31(19-10-14-21(35-3)15-11-19)26(25)18-8-12-20(34-2)13-9-18/h4-16,25-26H,1-3H3,(H,29,30,32). The van der Waals surface area contributed by atoms with Gasteiger partial charge in [-0.25, -0.2) is 0 Å². The minimum absolute atomic E-state index is 0.196. The Morgan fingerprint density at radius 2 is 1.58 bits per heavy atom. The first-order valence-electron chi connectivity index (χ1n) is 11.4. The molecule has 1 aliphatic heterocycles. The Morgan fingerprint density at radius 1 is 0.944 bits per heavy atom. The van der Waals surface area contributed by atoms with Gasteiger partial charge in [0, 0.05) is 17.3 Å². The number of benzene rings is 3. The average Bonchev–Trinajstić information content (AvgIpc) is 3.32. The molecule has 0 fully saturated rings. The Labute approximate surface area is 208 Å². The normalized spacial score (nSPS) is 16.9. The van der Waals surface area contributed by atoms with Gasteiger partial charge in [0.1, 0.15) is 17.3 Å². The van der Waals surface area contributed by atoms with Gasteiger partial charge in [0.2, 0.25) is 5.91 Å². The topological polar surface area (TPSA) is 93.9 Å². The zero-order valence-electron chi connectivity index (χ0n) is 20.1. The van der Waals surface area contributed by atoms with E-state index in [1.807, 2.05) is 48.5 Å². The van der Waals surface area contributed by atoms with E-state index >= 15 is 0 Å². The van der Waals surface area contributed by atoms with Gasteiger partial charge < -0.3 is 19.3 Å². The van der Waals surface area contributed by atoms with Crippen molar-refractivity contribution in [1.29, 1.82) is 0 Å². The van der Waals surface area contributed by atoms with Crippen LogP contribution in [0.2, 0.25) is 0 Å². The number of fused-ring (bicyclic) bond motifs is 1. The van der Waals surface area contributed by atoms with Crippen LogP contribution in [0.4, 0.5) is 11.5 Å². The van der Waals surface area contributed by atoms with E-state index in [1.54, 1.807) is 56.4 Å². The van der Waals surface area contributed by atoms with Gasteiger partial charge in [0.25, 0.3) is 5.91 Å². The van der Waals surface area contributed by atoms with Crippen LogP contribution < -0.4 is 19.7 Å². The highest BCUT2D eigenvalue weighted by atomic mass is 16.5. The van der Waals surface area contributed by atoms with E-state index in [2.05, 4.69) is 10.5 Å². The molecule has 0 aliphatic carbocycles. The highest BCUT2D eigenvalue weighted by Crippen LogP contribution is 2.46. The predicted octanol–water partition coefficient (Wildman–Crippen LogP) is 5.12. The van der Waals surface area contributed by atoms with Crippen LogP contribution >= 0.6 is 0 Å². The van der Waals surface area contributed by atoms with Gasteiger partial charge in [-0.3, -0.25) is 14.5 Å². The molecule has 0 bridgehead atoms. The van der Waals surface area contributed by atoms with E-state index in [1.165, 1.54) is 0 Å². The summed E-state index contributed by atoms with van der Waals surface area (Å²) in [5.74, 6) is 1.01. The maximum atomic E-state index is 13.9. The Balaban J connectivity index is 1.68. The van der Waals surface area contributed by atoms with Crippen molar-refractivity contribution < 1.29 is 23.6 Å². The second-order valence-corrected chi connectivity index (χ2v) is 8.47. The van der Waals surface area contributed by atoms with Gasteiger partial charge in [0.05, 0.1) is 26.2 Å². The van der Waals surface area contributed by atoms with E-state index in [0.29, 0.717) is 39.9 Å². The first kappa shape index (κ1) is 23.2. The highest BCUT2D eigenvalue weighted by molar-refractivity contribution is 6.12. The molecule has 4 aromatic rings. The van der Waals surface area contributed by atoms with E-state index in [0.717, 1.165) is 5.56 Å². The summed E-state index contributed by atoms with van der Waals surface area (Å²) >= 11 is 0. The largest absolute Gasteiger partial charge is 0.497 e. The summed E-state index contributed by atoms with van der Waals surface area (Å²) < 4.78 is 15.8. The van der Waals surface area contributed by atoms with Gasteiger partial charge in [-0.05, 0) is 60.5 Å². The fraction of sp³-hybridized carbons (Fsp3) is 0.179. The second kappa shape index (κ2) is 9.58. The molecule has 1 aliphatic rings. The minimum Gasteiger partial charge on any atom is -0.497 e. The van der Waals surface area contributed by atoms with Crippen LogP contribution in [0.5, 0.6) is 11.5 Å². The maximum absolute atomic E-state index is 13.9. The molecule has 1 aromatic heterocycles. The highest BCUT2D eigenvalue weighted by Gasteiger charge is 2.45. The number of nitrogens with zero attached hydrogens (tertiary/aromatic N) is 2. The molecule has 0 saturated carbocycles. The monoisotopic (exact) mass is 483 g/mol. The first-order valence-corrected chi connectivity index (χ1v) is 11.4. The Hall–Kier alpha value is -4.59. The van der Waals surface area contributed by atoms with Gasteiger partial charge in [-0.2, -0.15) is 0 Å². The maximum Gasteiger partial charge on any atom is 0.259 e. The molecule has 8 nitrogen and oxygen atoms in total. The summed E-state index contributed by atoms with van der Waals surface area (Å²) in [5.41, 5.74) is 2.54. The molecule has 3 aromatic carbocycles. The summed E-state index contributed by atoms with van der Waals surface area (Å²) in [6.07, 6.45) is 0. The number of methoxy groups -OCH3 is 2. The summed E-state index contributed by atoms with van der Waals surface area (Å²) in [6, 6.07) is 22.8. The van der Waals surface area contributed by atoms with Crippen molar-refractivity contribution in [2.24, 2.45) is 0 Å². The molecule has 36 heavy (non-hydrogen) atoms. The molecule has 8 heteroatoms. The van der Waals surface area contributed by atoms with Crippen molar-refractivity contribution in [2.75, 3.05) is 24.4 Å². The lowest BCUT2D eigenvalue weighted by molar-refractivity contribution is -0.118. The molecule has 2 unspecified atom stereocenters. The number of aryl methyl sites for hydroxylation is 1. The number of anilines is 2. The number of nitrogens with one attached hydrogen (secondary N) is 1. The SMILES string of the molecule is COc1ccc(C2C(C(=O)Nc3cc(C)on3)c3ccccc3C(=O)N2c2ccc(OC)cc2)cc1. The van der Waals surface area contributed by atoms with Gasteiger partial charge in [-0.1, -0.05) is 35.5 Å². The fourth-order valence-corrected chi connectivity index (χ4v) is 4.62. The van der Waals surface area contributed by atoms with Crippen molar-refractivity contribution in [1.82, 2.24) is 5.16 Å². The van der Waals surface area contributed by atoms with E-state index in [-0.39, 0.29) is 11.8 Å². The number of aromatic nitrogens is 1. The molecular formula is C28H25N3O5. The molecule has 0 spiro atoms. The van der Waals surface area contributed by atoms with Crippen molar-refractivity contribution in [3.8, 4) is 11.5 Å². The molecule has 1 N–H and O–H groups in total. The number of hydrogen-bond donors (Lipinski definition) is 1. The third kappa shape index (κ3) is 4.17. The van der Waals surface area contributed by atoms with Crippen LogP contribution in [0.1, 0.15) is 39.2 Å². The number of rotatable bonds is 6. The molecule has 2 heterocycles. The lowest BCUT2D eigenvalue weighted by atomic mass is 9.78. The van der Waals surface area contributed by atoms with Crippen LogP contribution in [0.15, 0.2) is 83.4 Å². The van der Waals surface area contributed by atoms with Crippen molar-refractivity contribution in [2.45, 2.75) is 18.9 Å². The molecule has 5 rings (SSSR count). The Bertz CT molecular complexity index is 1400. The summed E-state index contributed by atoms with van der Waals surface area (Å²) in [5, 5.41) is 6.79. The molecule has 0 saturated heterocycles. The van der Waals surface area contributed by atoms with Crippen LogP contribution in [-0.2, 0) is 4.79 Å². The number of carbonyl (C=O) groups is 2. The van der Waals surface area contributed by atoms with Crippen LogP contribution in [0.3, 0.4) is 0 Å². The smallest absolute Gasteiger partial charge is 0.259 e. The third-order valence-electron chi connectivity index (χ3n) is 6.31. The molecule has 2 amide bonds. The van der Waals surface area contributed by atoms with Crippen LogP contribution in [0.25, 0.3) is 0 Å². The Morgan fingerprint density at radius 3 is 2.19 bits per heavy atom. The molecule has 2 atom stereocenters. The number of amides is 2.